The molecule has 0 radical (unpaired) electrons. The lowest BCUT2D eigenvalue weighted by molar-refractivity contribution is -0.152. The molecular formula is C23H27ClN2O4. The van der Waals surface area contributed by atoms with Crippen LogP contribution in [0.5, 0.6) is 0 Å². The zero-order valence-electron chi connectivity index (χ0n) is 17.2. The van der Waals surface area contributed by atoms with E-state index < -0.39 is 24.5 Å². The van der Waals surface area contributed by atoms with Crippen molar-refractivity contribution in [2.45, 2.75) is 32.7 Å². The summed E-state index contributed by atoms with van der Waals surface area (Å²) in [5.74, 6) is -1.47. The van der Waals surface area contributed by atoms with Crippen molar-refractivity contribution in [2.24, 2.45) is 5.92 Å². The number of halogens is 1. The second-order valence-corrected chi connectivity index (χ2v) is 7.72. The van der Waals surface area contributed by atoms with Gasteiger partial charge in [-0.1, -0.05) is 67.9 Å². The van der Waals surface area contributed by atoms with E-state index in [4.69, 9.17) is 16.3 Å². The lowest BCUT2D eigenvalue weighted by Crippen LogP contribution is -2.46. The highest BCUT2D eigenvalue weighted by Crippen LogP contribution is 2.09. The van der Waals surface area contributed by atoms with E-state index in [0.29, 0.717) is 18.0 Å². The molecule has 0 aliphatic heterocycles. The fourth-order valence-electron chi connectivity index (χ4n) is 2.78. The van der Waals surface area contributed by atoms with E-state index >= 15 is 0 Å². The monoisotopic (exact) mass is 430 g/mol. The van der Waals surface area contributed by atoms with Gasteiger partial charge < -0.3 is 15.4 Å². The topological polar surface area (TPSA) is 84.5 Å². The summed E-state index contributed by atoms with van der Waals surface area (Å²) in [7, 11) is 0. The summed E-state index contributed by atoms with van der Waals surface area (Å²) in [5.41, 5.74) is 1.89. The average Bonchev–Trinajstić information content (AvgIpc) is 2.72. The maximum absolute atomic E-state index is 12.4. The summed E-state index contributed by atoms with van der Waals surface area (Å²) in [6.45, 7) is 3.64. The van der Waals surface area contributed by atoms with Crippen LogP contribution in [0.1, 0.15) is 25.0 Å². The SMILES string of the molecule is CC(C)[C@H](NC(=O)Cc1ccccc1)C(=O)OCC(=O)NCCc1ccc(Cl)cc1. The van der Waals surface area contributed by atoms with Crippen LogP contribution in [0.25, 0.3) is 0 Å². The molecule has 2 aromatic rings. The first-order valence-electron chi connectivity index (χ1n) is 9.86. The van der Waals surface area contributed by atoms with E-state index in [2.05, 4.69) is 10.6 Å². The second-order valence-electron chi connectivity index (χ2n) is 7.29. The number of esters is 1. The molecule has 0 saturated heterocycles. The Morgan fingerprint density at radius 3 is 2.23 bits per heavy atom. The number of hydrogen-bond acceptors (Lipinski definition) is 4. The normalized spacial score (nSPS) is 11.6. The van der Waals surface area contributed by atoms with Gasteiger partial charge in [0, 0.05) is 11.6 Å². The number of amides is 2. The van der Waals surface area contributed by atoms with Gasteiger partial charge >= 0.3 is 5.97 Å². The smallest absolute Gasteiger partial charge is 0.329 e. The molecule has 0 spiro atoms. The molecule has 0 aromatic heterocycles. The van der Waals surface area contributed by atoms with Crippen molar-refractivity contribution in [3.8, 4) is 0 Å². The van der Waals surface area contributed by atoms with Crippen LogP contribution < -0.4 is 10.6 Å². The predicted molar refractivity (Wildman–Crippen MR) is 116 cm³/mol. The minimum atomic E-state index is -0.817. The van der Waals surface area contributed by atoms with Gasteiger partial charge in [0.05, 0.1) is 6.42 Å². The van der Waals surface area contributed by atoms with Crippen molar-refractivity contribution in [1.82, 2.24) is 10.6 Å². The lowest BCUT2D eigenvalue weighted by Gasteiger charge is -2.20. The average molecular weight is 431 g/mol. The summed E-state index contributed by atoms with van der Waals surface area (Å²) in [5, 5.41) is 6.07. The molecule has 0 heterocycles. The predicted octanol–water partition coefficient (Wildman–Crippen LogP) is 2.93. The highest BCUT2D eigenvalue weighted by Gasteiger charge is 2.26. The molecule has 2 aromatic carbocycles. The number of ether oxygens (including phenoxy) is 1. The first-order valence-corrected chi connectivity index (χ1v) is 10.2. The van der Waals surface area contributed by atoms with Crippen LogP contribution >= 0.6 is 11.6 Å². The van der Waals surface area contributed by atoms with Crippen LogP contribution in [0.15, 0.2) is 54.6 Å². The van der Waals surface area contributed by atoms with Gasteiger partial charge in [0.15, 0.2) is 6.61 Å². The van der Waals surface area contributed by atoms with Crippen molar-refractivity contribution < 1.29 is 19.1 Å². The molecule has 30 heavy (non-hydrogen) atoms. The van der Waals surface area contributed by atoms with E-state index in [-0.39, 0.29) is 18.2 Å². The van der Waals surface area contributed by atoms with Crippen LogP contribution in [0.2, 0.25) is 5.02 Å². The molecule has 0 saturated carbocycles. The number of carbonyl (C=O) groups excluding carboxylic acids is 3. The van der Waals surface area contributed by atoms with Crippen LogP contribution in [-0.4, -0.2) is 37.0 Å². The van der Waals surface area contributed by atoms with Crippen molar-refractivity contribution in [3.63, 3.8) is 0 Å². The Bertz CT molecular complexity index is 838. The van der Waals surface area contributed by atoms with Gasteiger partial charge in [-0.25, -0.2) is 4.79 Å². The summed E-state index contributed by atoms with van der Waals surface area (Å²) >= 11 is 5.84. The van der Waals surface area contributed by atoms with Gasteiger partial charge in [-0.05, 0) is 35.6 Å². The van der Waals surface area contributed by atoms with Gasteiger partial charge in [-0.2, -0.15) is 0 Å². The molecule has 0 fully saturated rings. The number of rotatable bonds is 10. The summed E-state index contributed by atoms with van der Waals surface area (Å²) in [6, 6.07) is 15.8. The van der Waals surface area contributed by atoms with E-state index in [1.165, 1.54) is 0 Å². The Hall–Kier alpha value is -2.86. The van der Waals surface area contributed by atoms with Crippen LogP contribution in [-0.2, 0) is 32.0 Å². The van der Waals surface area contributed by atoms with Gasteiger partial charge in [0.2, 0.25) is 5.91 Å². The van der Waals surface area contributed by atoms with Gasteiger partial charge in [-0.3, -0.25) is 9.59 Å². The Kier molecular flexibility index (Phi) is 9.35. The Labute approximate surface area is 182 Å². The fourth-order valence-corrected chi connectivity index (χ4v) is 2.90. The lowest BCUT2D eigenvalue weighted by atomic mass is 10.0. The summed E-state index contributed by atoms with van der Waals surface area (Å²) in [4.78, 5) is 36.6. The van der Waals surface area contributed by atoms with Gasteiger partial charge in [-0.15, -0.1) is 0 Å². The molecule has 2 rings (SSSR count). The molecule has 6 nitrogen and oxygen atoms in total. The third-order valence-electron chi connectivity index (χ3n) is 4.44. The molecule has 2 amide bonds. The van der Waals surface area contributed by atoms with E-state index in [1.54, 1.807) is 26.0 Å². The maximum Gasteiger partial charge on any atom is 0.329 e. The third kappa shape index (κ3) is 8.25. The maximum atomic E-state index is 12.4. The van der Waals surface area contributed by atoms with E-state index in [1.807, 2.05) is 42.5 Å². The third-order valence-corrected chi connectivity index (χ3v) is 4.69. The Morgan fingerprint density at radius 1 is 0.933 bits per heavy atom. The highest BCUT2D eigenvalue weighted by atomic mass is 35.5. The number of carbonyl (C=O) groups is 3. The summed E-state index contributed by atoms with van der Waals surface area (Å²) < 4.78 is 5.11. The number of nitrogens with one attached hydrogen (secondary N) is 2. The zero-order chi connectivity index (χ0) is 21.9. The Morgan fingerprint density at radius 2 is 1.60 bits per heavy atom. The van der Waals surface area contributed by atoms with Crippen molar-refractivity contribution in [1.29, 1.82) is 0 Å². The minimum Gasteiger partial charge on any atom is -0.454 e. The van der Waals surface area contributed by atoms with Crippen molar-refractivity contribution >= 4 is 29.4 Å². The number of benzene rings is 2. The first-order chi connectivity index (χ1) is 14.3. The molecule has 0 aliphatic rings. The van der Waals surface area contributed by atoms with Crippen LogP contribution in [0, 0.1) is 5.92 Å². The minimum absolute atomic E-state index is 0.169. The molecule has 0 unspecified atom stereocenters. The standard InChI is InChI=1S/C23H27ClN2O4/c1-16(2)22(26-20(27)14-18-6-4-3-5-7-18)23(29)30-15-21(28)25-13-12-17-8-10-19(24)11-9-17/h3-11,16,22H,12-15H2,1-2H3,(H,25,28)(H,26,27)/t22-/m0/s1. The Balaban J connectivity index is 1.74. The second kappa shape index (κ2) is 12.0. The molecule has 7 heteroatoms. The first kappa shape index (κ1) is 23.4. The quantitative estimate of drug-likeness (QED) is 0.567. The molecule has 2 N–H and O–H groups in total. The van der Waals surface area contributed by atoms with Gasteiger partial charge in [0.25, 0.3) is 5.91 Å². The summed E-state index contributed by atoms with van der Waals surface area (Å²) in [6.07, 6.45) is 0.809. The molecule has 0 aliphatic carbocycles. The van der Waals surface area contributed by atoms with Crippen LogP contribution in [0.4, 0.5) is 0 Å². The van der Waals surface area contributed by atoms with Gasteiger partial charge in [0.1, 0.15) is 6.04 Å². The van der Waals surface area contributed by atoms with Crippen molar-refractivity contribution in [3.05, 3.63) is 70.7 Å². The molecular weight excluding hydrogens is 404 g/mol. The molecule has 0 bridgehead atoms. The van der Waals surface area contributed by atoms with E-state index in [9.17, 15) is 14.4 Å². The van der Waals surface area contributed by atoms with E-state index in [0.717, 1.165) is 11.1 Å². The van der Waals surface area contributed by atoms with Crippen molar-refractivity contribution in [2.75, 3.05) is 13.2 Å². The largest absolute Gasteiger partial charge is 0.454 e. The number of hydrogen-bond donors (Lipinski definition) is 2. The zero-order valence-corrected chi connectivity index (χ0v) is 17.9. The van der Waals surface area contributed by atoms with Crippen LogP contribution in [0.3, 0.4) is 0 Å². The highest BCUT2D eigenvalue weighted by molar-refractivity contribution is 6.30. The molecule has 1 atom stereocenters. The fraction of sp³-hybridized carbons (Fsp3) is 0.348. The molecule has 160 valence electrons.